The predicted molar refractivity (Wildman–Crippen MR) is 78.8 cm³/mol. The van der Waals surface area contributed by atoms with Crippen LogP contribution in [0.4, 0.5) is 0 Å². The van der Waals surface area contributed by atoms with Crippen LogP contribution in [-0.4, -0.2) is 61.3 Å². The van der Waals surface area contributed by atoms with Gasteiger partial charge in [0.1, 0.15) is 5.75 Å². The third kappa shape index (κ3) is 3.75. The van der Waals surface area contributed by atoms with Crippen LogP contribution in [0.2, 0.25) is 0 Å². The fourth-order valence-corrected chi connectivity index (χ4v) is 2.42. The molecule has 1 fully saturated rings. The number of carbonyl (C=O) groups excluding carboxylic acids is 2. The number of methoxy groups -OCH3 is 1. The van der Waals surface area contributed by atoms with E-state index in [1.54, 1.807) is 4.90 Å². The van der Waals surface area contributed by atoms with E-state index in [-0.39, 0.29) is 28.9 Å². The molecule has 2 rings (SSSR count). The van der Waals surface area contributed by atoms with Gasteiger partial charge in [-0.25, -0.2) is 4.79 Å². The van der Waals surface area contributed by atoms with Gasteiger partial charge in [0.2, 0.25) is 0 Å². The Morgan fingerprint density at radius 3 is 2.82 bits per heavy atom. The minimum atomic E-state index is -0.604. The van der Waals surface area contributed by atoms with E-state index in [0.717, 1.165) is 0 Å². The summed E-state index contributed by atoms with van der Waals surface area (Å²) in [5.74, 6) is -1.02. The Morgan fingerprint density at radius 2 is 2.14 bits per heavy atom. The average Bonchev–Trinajstić information content (AvgIpc) is 2.53. The second-order valence-electron chi connectivity index (χ2n) is 5.08. The highest BCUT2D eigenvalue weighted by molar-refractivity contribution is 5.98. The zero-order valence-electron chi connectivity index (χ0n) is 12.4. The minimum absolute atomic E-state index is 0.0833. The second-order valence-corrected chi connectivity index (χ2v) is 5.08. The van der Waals surface area contributed by atoms with E-state index >= 15 is 0 Å². The molecular formula is C15H20N2O5. The van der Waals surface area contributed by atoms with Crippen LogP contribution in [0.5, 0.6) is 5.75 Å². The summed E-state index contributed by atoms with van der Waals surface area (Å²) in [4.78, 5) is 25.7. The van der Waals surface area contributed by atoms with Crippen molar-refractivity contribution in [1.82, 2.24) is 4.90 Å². The molecule has 7 nitrogen and oxygen atoms in total. The second kappa shape index (κ2) is 7.24. The zero-order valence-corrected chi connectivity index (χ0v) is 12.4. The number of rotatable bonds is 4. The lowest BCUT2D eigenvalue weighted by molar-refractivity contribution is -0.0236. The first kappa shape index (κ1) is 16.3. The van der Waals surface area contributed by atoms with Gasteiger partial charge in [0, 0.05) is 18.7 Å². The molecule has 1 heterocycles. The zero-order chi connectivity index (χ0) is 16.1. The number of morpholine rings is 1. The first-order valence-corrected chi connectivity index (χ1v) is 7.08. The molecule has 0 aliphatic carbocycles. The van der Waals surface area contributed by atoms with Crippen molar-refractivity contribution >= 4 is 11.9 Å². The molecule has 0 spiro atoms. The molecule has 1 unspecified atom stereocenters. The monoisotopic (exact) mass is 308 g/mol. The summed E-state index contributed by atoms with van der Waals surface area (Å²) in [6.07, 6.45) is 0.595. The third-order valence-corrected chi connectivity index (χ3v) is 3.50. The number of phenolic OH excluding ortho intramolecular Hbond substituents is 1. The molecule has 0 radical (unpaired) electrons. The van der Waals surface area contributed by atoms with E-state index in [1.165, 1.54) is 25.3 Å². The standard InChI is InChI=1S/C15H20N2O5/c1-21-15(20)11-6-10(7-12(18)8-11)14(19)17-4-5-22-13(9-17)2-3-16/h6-8,13,18H,2-5,9,16H2,1H3. The van der Waals surface area contributed by atoms with Gasteiger partial charge in [0.05, 0.1) is 25.4 Å². The van der Waals surface area contributed by atoms with Crippen LogP contribution in [0, 0.1) is 0 Å². The van der Waals surface area contributed by atoms with Crippen molar-refractivity contribution < 1.29 is 24.2 Å². The number of nitrogens with two attached hydrogens (primary N) is 1. The molecule has 1 aliphatic heterocycles. The van der Waals surface area contributed by atoms with E-state index < -0.39 is 5.97 Å². The van der Waals surface area contributed by atoms with E-state index in [0.29, 0.717) is 32.7 Å². The SMILES string of the molecule is COC(=O)c1cc(O)cc(C(=O)N2CCOC(CCN)C2)c1. The smallest absolute Gasteiger partial charge is 0.338 e. The van der Waals surface area contributed by atoms with Crippen molar-refractivity contribution in [1.29, 1.82) is 0 Å². The molecule has 1 aromatic rings. The minimum Gasteiger partial charge on any atom is -0.508 e. The van der Waals surface area contributed by atoms with E-state index in [4.69, 9.17) is 10.5 Å². The topological polar surface area (TPSA) is 102 Å². The number of benzene rings is 1. The summed E-state index contributed by atoms with van der Waals surface area (Å²) in [6, 6.07) is 4.02. The van der Waals surface area contributed by atoms with Crippen molar-refractivity contribution in [3.63, 3.8) is 0 Å². The van der Waals surface area contributed by atoms with Gasteiger partial charge >= 0.3 is 5.97 Å². The number of phenols is 1. The Balaban J connectivity index is 2.18. The summed E-state index contributed by atoms with van der Waals surface area (Å²) in [7, 11) is 1.24. The fraction of sp³-hybridized carbons (Fsp3) is 0.467. The number of hydrogen-bond acceptors (Lipinski definition) is 6. The Hall–Kier alpha value is -2.12. The number of esters is 1. The van der Waals surface area contributed by atoms with E-state index in [1.807, 2.05) is 0 Å². The first-order valence-electron chi connectivity index (χ1n) is 7.08. The molecule has 3 N–H and O–H groups in total. The van der Waals surface area contributed by atoms with Gasteiger partial charge in [-0.15, -0.1) is 0 Å². The Kier molecular flexibility index (Phi) is 5.35. The number of nitrogens with zero attached hydrogens (tertiary/aromatic N) is 1. The maximum atomic E-state index is 12.5. The highest BCUT2D eigenvalue weighted by Crippen LogP contribution is 2.19. The van der Waals surface area contributed by atoms with Crippen molar-refractivity contribution in [3.8, 4) is 5.75 Å². The van der Waals surface area contributed by atoms with Gasteiger partial charge in [-0.1, -0.05) is 0 Å². The summed E-state index contributed by atoms with van der Waals surface area (Å²) in [5, 5.41) is 9.70. The van der Waals surface area contributed by atoms with Gasteiger partial charge in [-0.3, -0.25) is 4.79 Å². The predicted octanol–water partition coefficient (Wildman–Crippen LogP) is 0.369. The van der Waals surface area contributed by atoms with Gasteiger partial charge in [-0.05, 0) is 31.2 Å². The van der Waals surface area contributed by atoms with Crippen LogP contribution in [0.15, 0.2) is 18.2 Å². The van der Waals surface area contributed by atoms with Crippen molar-refractivity contribution in [3.05, 3.63) is 29.3 Å². The molecule has 1 atom stereocenters. The Labute approximate surface area is 128 Å². The highest BCUT2D eigenvalue weighted by Gasteiger charge is 2.25. The summed E-state index contributed by atoms with van der Waals surface area (Å²) in [5.41, 5.74) is 5.89. The molecule has 7 heteroatoms. The quantitative estimate of drug-likeness (QED) is 0.779. The highest BCUT2D eigenvalue weighted by atomic mass is 16.5. The van der Waals surface area contributed by atoms with Crippen LogP contribution < -0.4 is 5.73 Å². The maximum Gasteiger partial charge on any atom is 0.338 e. The lowest BCUT2D eigenvalue weighted by Crippen LogP contribution is -2.46. The Morgan fingerprint density at radius 1 is 1.41 bits per heavy atom. The molecule has 1 amide bonds. The Bertz CT molecular complexity index is 559. The van der Waals surface area contributed by atoms with Crippen LogP contribution >= 0.6 is 0 Å². The molecule has 0 aromatic heterocycles. The third-order valence-electron chi connectivity index (χ3n) is 3.50. The average molecular weight is 308 g/mol. The largest absolute Gasteiger partial charge is 0.508 e. The molecule has 22 heavy (non-hydrogen) atoms. The molecule has 1 aliphatic rings. The summed E-state index contributed by atoms with van der Waals surface area (Å²) >= 11 is 0. The summed E-state index contributed by atoms with van der Waals surface area (Å²) < 4.78 is 10.2. The molecule has 120 valence electrons. The molecular weight excluding hydrogens is 288 g/mol. The number of hydrogen-bond donors (Lipinski definition) is 2. The van der Waals surface area contributed by atoms with Crippen LogP contribution in [0.25, 0.3) is 0 Å². The molecule has 1 saturated heterocycles. The van der Waals surface area contributed by atoms with Crippen LogP contribution in [0.3, 0.4) is 0 Å². The van der Waals surface area contributed by atoms with E-state index in [2.05, 4.69) is 4.74 Å². The van der Waals surface area contributed by atoms with Gasteiger partial charge in [0.15, 0.2) is 0 Å². The van der Waals surface area contributed by atoms with Crippen LogP contribution in [0.1, 0.15) is 27.1 Å². The van der Waals surface area contributed by atoms with Gasteiger partial charge < -0.3 is 25.2 Å². The number of amides is 1. The first-order chi connectivity index (χ1) is 10.5. The van der Waals surface area contributed by atoms with E-state index in [9.17, 15) is 14.7 Å². The maximum absolute atomic E-state index is 12.5. The number of carbonyl (C=O) groups is 2. The van der Waals surface area contributed by atoms with Crippen LogP contribution in [-0.2, 0) is 9.47 Å². The van der Waals surface area contributed by atoms with Crippen molar-refractivity contribution in [2.75, 3.05) is 33.4 Å². The van der Waals surface area contributed by atoms with Crippen molar-refractivity contribution in [2.24, 2.45) is 5.73 Å². The molecule has 1 aromatic carbocycles. The lowest BCUT2D eigenvalue weighted by atomic mass is 10.1. The van der Waals surface area contributed by atoms with Gasteiger partial charge in [-0.2, -0.15) is 0 Å². The normalized spacial score (nSPS) is 18.1. The number of aromatic hydroxyl groups is 1. The molecule has 0 bridgehead atoms. The lowest BCUT2D eigenvalue weighted by Gasteiger charge is -2.33. The van der Waals surface area contributed by atoms with Crippen molar-refractivity contribution in [2.45, 2.75) is 12.5 Å². The summed E-state index contributed by atoms with van der Waals surface area (Å²) in [6.45, 7) is 1.84. The van der Waals surface area contributed by atoms with Gasteiger partial charge in [0.25, 0.3) is 5.91 Å². The molecule has 0 saturated carbocycles. The number of ether oxygens (including phenoxy) is 2. The fourth-order valence-electron chi connectivity index (χ4n) is 2.42.